The Hall–Kier alpha value is -3.60. The van der Waals surface area contributed by atoms with Gasteiger partial charge in [-0.15, -0.1) is 0 Å². The second-order valence-electron chi connectivity index (χ2n) is 8.36. The maximum absolute atomic E-state index is 13.0. The highest BCUT2D eigenvalue weighted by atomic mass is 16.5. The molecule has 1 fully saturated rings. The van der Waals surface area contributed by atoms with E-state index >= 15 is 0 Å². The van der Waals surface area contributed by atoms with Crippen LogP contribution in [0.2, 0.25) is 0 Å². The Morgan fingerprint density at radius 1 is 0.781 bits per heavy atom. The van der Waals surface area contributed by atoms with Gasteiger partial charge in [0.1, 0.15) is 11.5 Å². The van der Waals surface area contributed by atoms with E-state index in [1.807, 2.05) is 82.6 Å². The van der Waals surface area contributed by atoms with Crippen LogP contribution in [0.15, 0.2) is 78.9 Å². The first-order valence-electron chi connectivity index (χ1n) is 11.2. The zero-order chi connectivity index (χ0) is 21.9. The first-order chi connectivity index (χ1) is 15.7. The number of nitrogens with zero attached hydrogens (tertiary/aromatic N) is 2. The van der Waals surface area contributed by atoms with Gasteiger partial charge in [-0.1, -0.05) is 36.4 Å². The van der Waals surface area contributed by atoms with E-state index in [1.165, 1.54) is 5.56 Å². The Morgan fingerprint density at radius 2 is 1.44 bits per heavy atom. The predicted molar refractivity (Wildman–Crippen MR) is 124 cm³/mol. The minimum Gasteiger partial charge on any atom is -0.457 e. The van der Waals surface area contributed by atoms with Crippen molar-refractivity contribution in [1.82, 2.24) is 4.90 Å². The molecule has 2 aliphatic heterocycles. The van der Waals surface area contributed by atoms with Crippen LogP contribution >= 0.6 is 0 Å². The van der Waals surface area contributed by atoms with Crippen LogP contribution in [0, 0.1) is 0 Å². The van der Waals surface area contributed by atoms with Crippen molar-refractivity contribution >= 4 is 17.5 Å². The summed E-state index contributed by atoms with van der Waals surface area (Å²) in [6, 6.07) is 25.2. The van der Waals surface area contributed by atoms with Crippen molar-refractivity contribution < 1.29 is 14.3 Å². The van der Waals surface area contributed by atoms with E-state index in [0.717, 1.165) is 30.7 Å². The molecule has 0 bridgehead atoms. The van der Waals surface area contributed by atoms with Crippen LogP contribution in [-0.4, -0.2) is 35.8 Å². The number of hydrogen-bond acceptors (Lipinski definition) is 3. The number of amides is 2. The molecule has 2 amide bonds. The van der Waals surface area contributed by atoms with Crippen molar-refractivity contribution in [2.75, 3.05) is 18.0 Å². The number of piperidine rings is 1. The number of hydrogen-bond donors (Lipinski definition) is 0. The van der Waals surface area contributed by atoms with Crippen LogP contribution in [0.1, 0.15) is 35.2 Å². The zero-order valence-corrected chi connectivity index (χ0v) is 17.9. The van der Waals surface area contributed by atoms with Gasteiger partial charge in [-0.2, -0.15) is 0 Å². The fraction of sp³-hybridized carbons (Fsp3) is 0.259. The Bertz CT molecular complexity index is 1100. The average molecular weight is 427 g/mol. The van der Waals surface area contributed by atoms with Gasteiger partial charge in [-0.25, -0.2) is 0 Å². The lowest BCUT2D eigenvalue weighted by molar-refractivity contribution is -0.119. The van der Waals surface area contributed by atoms with E-state index in [0.29, 0.717) is 30.8 Å². The smallest absolute Gasteiger partial charge is 0.253 e. The summed E-state index contributed by atoms with van der Waals surface area (Å²) in [7, 11) is 0. The van der Waals surface area contributed by atoms with Crippen LogP contribution in [-0.2, 0) is 11.2 Å². The predicted octanol–water partition coefficient (Wildman–Crippen LogP) is 5.06. The lowest BCUT2D eigenvalue weighted by Crippen LogP contribution is -2.50. The molecular formula is C27H26N2O3. The molecule has 0 atom stereocenters. The van der Waals surface area contributed by atoms with E-state index < -0.39 is 0 Å². The first-order valence-corrected chi connectivity index (χ1v) is 11.2. The summed E-state index contributed by atoms with van der Waals surface area (Å²) in [6.07, 6.45) is 2.96. The molecule has 32 heavy (non-hydrogen) atoms. The summed E-state index contributed by atoms with van der Waals surface area (Å²) in [5.41, 5.74) is 2.94. The molecule has 0 aromatic heterocycles. The molecule has 2 aliphatic rings. The molecule has 162 valence electrons. The molecule has 2 heterocycles. The number of para-hydroxylation sites is 2. The van der Waals surface area contributed by atoms with Crippen LogP contribution in [0.4, 0.5) is 5.69 Å². The second-order valence-corrected chi connectivity index (χ2v) is 8.36. The molecule has 5 rings (SSSR count). The molecule has 3 aromatic carbocycles. The molecule has 0 spiro atoms. The number of likely N-dealkylation sites (tertiary alicyclic amines) is 1. The summed E-state index contributed by atoms with van der Waals surface area (Å²) >= 11 is 0. The zero-order valence-electron chi connectivity index (χ0n) is 17.9. The third kappa shape index (κ3) is 4.11. The highest BCUT2D eigenvalue weighted by Gasteiger charge is 2.33. The third-order valence-electron chi connectivity index (χ3n) is 6.33. The quantitative estimate of drug-likeness (QED) is 0.586. The maximum Gasteiger partial charge on any atom is 0.253 e. The maximum atomic E-state index is 13.0. The number of benzene rings is 3. The molecule has 0 aliphatic carbocycles. The SMILES string of the molecule is O=C(c1ccc(Oc2ccccc2)cc1)N1CCC(N2C(=O)CCc3ccccc32)CC1. The van der Waals surface area contributed by atoms with Gasteiger partial charge in [0, 0.05) is 36.8 Å². The van der Waals surface area contributed by atoms with Crippen LogP contribution in [0.3, 0.4) is 0 Å². The number of carbonyl (C=O) groups excluding carboxylic acids is 2. The van der Waals surface area contributed by atoms with Crippen LogP contribution in [0.5, 0.6) is 11.5 Å². The Morgan fingerprint density at radius 3 is 2.19 bits per heavy atom. The van der Waals surface area contributed by atoms with E-state index in [1.54, 1.807) is 0 Å². The van der Waals surface area contributed by atoms with Crippen molar-refractivity contribution in [2.24, 2.45) is 0 Å². The molecule has 0 N–H and O–H groups in total. The topological polar surface area (TPSA) is 49.9 Å². The third-order valence-corrected chi connectivity index (χ3v) is 6.33. The minimum atomic E-state index is 0.0279. The molecule has 5 nitrogen and oxygen atoms in total. The lowest BCUT2D eigenvalue weighted by Gasteiger charge is -2.41. The Labute approximate surface area is 188 Å². The Kier molecular flexibility index (Phi) is 5.63. The molecule has 3 aromatic rings. The lowest BCUT2D eigenvalue weighted by atomic mass is 9.95. The number of anilines is 1. The highest BCUT2D eigenvalue weighted by molar-refractivity contribution is 5.97. The van der Waals surface area contributed by atoms with Gasteiger partial charge in [0.05, 0.1) is 0 Å². The van der Waals surface area contributed by atoms with E-state index in [2.05, 4.69) is 6.07 Å². The number of fused-ring (bicyclic) bond motifs is 1. The van der Waals surface area contributed by atoms with Gasteiger partial charge in [0.15, 0.2) is 0 Å². The number of ether oxygens (including phenoxy) is 1. The summed E-state index contributed by atoms with van der Waals surface area (Å²) in [4.78, 5) is 29.6. The summed E-state index contributed by atoms with van der Waals surface area (Å²) < 4.78 is 5.82. The highest BCUT2D eigenvalue weighted by Crippen LogP contribution is 2.32. The van der Waals surface area contributed by atoms with Crippen molar-refractivity contribution in [1.29, 1.82) is 0 Å². The summed E-state index contributed by atoms with van der Waals surface area (Å²) in [5, 5.41) is 0. The van der Waals surface area contributed by atoms with Crippen LogP contribution < -0.4 is 9.64 Å². The fourth-order valence-corrected chi connectivity index (χ4v) is 4.65. The van der Waals surface area contributed by atoms with Gasteiger partial charge in [0.2, 0.25) is 5.91 Å². The average Bonchev–Trinajstić information content (AvgIpc) is 2.85. The van der Waals surface area contributed by atoms with Gasteiger partial charge >= 0.3 is 0 Å². The monoisotopic (exact) mass is 426 g/mol. The molecular weight excluding hydrogens is 400 g/mol. The second kappa shape index (κ2) is 8.87. The Balaban J connectivity index is 1.22. The van der Waals surface area contributed by atoms with E-state index in [-0.39, 0.29) is 17.9 Å². The fourth-order valence-electron chi connectivity index (χ4n) is 4.65. The normalized spacial score (nSPS) is 16.6. The van der Waals surface area contributed by atoms with Crippen molar-refractivity contribution in [3.05, 3.63) is 90.0 Å². The van der Waals surface area contributed by atoms with Gasteiger partial charge in [-0.3, -0.25) is 9.59 Å². The first kappa shape index (κ1) is 20.3. The largest absolute Gasteiger partial charge is 0.457 e. The van der Waals surface area contributed by atoms with Crippen molar-refractivity contribution in [2.45, 2.75) is 31.7 Å². The van der Waals surface area contributed by atoms with Crippen molar-refractivity contribution in [3.8, 4) is 11.5 Å². The standard InChI is InChI=1S/C27H26N2O3/c30-26-15-12-20-6-4-5-9-25(20)29(26)22-16-18-28(19-17-22)27(31)21-10-13-24(14-11-21)32-23-7-2-1-3-8-23/h1-11,13-14,22H,12,15-19H2. The minimum absolute atomic E-state index is 0.0279. The van der Waals surface area contributed by atoms with Gasteiger partial charge in [0.25, 0.3) is 5.91 Å². The molecule has 0 saturated carbocycles. The van der Waals surface area contributed by atoms with Crippen LogP contribution in [0.25, 0.3) is 0 Å². The summed E-state index contributed by atoms with van der Waals surface area (Å²) in [5.74, 6) is 1.69. The van der Waals surface area contributed by atoms with Gasteiger partial charge < -0.3 is 14.5 Å². The number of rotatable bonds is 4. The number of aryl methyl sites for hydroxylation is 1. The summed E-state index contributed by atoms with van der Waals surface area (Å²) in [6.45, 7) is 1.30. The molecule has 0 unspecified atom stereocenters. The van der Waals surface area contributed by atoms with Crippen molar-refractivity contribution in [3.63, 3.8) is 0 Å². The van der Waals surface area contributed by atoms with Gasteiger partial charge in [-0.05, 0) is 67.3 Å². The van der Waals surface area contributed by atoms with E-state index in [4.69, 9.17) is 4.74 Å². The molecule has 0 radical (unpaired) electrons. The molecule has 5 heteroatoms. The molecule has 1 saturated heterocycles. The number of carbonyl (C=O) groups is 2. The van der Waals surface area contributed by atoms with E-state index in [9.17, 15) is 9.59 Å².